The molecule has 4 fully saturated rings. The molecule has 2 aliphatic heterocycles. The summed E-state index contributed by atoms with van der Waals surface area (Å²) in [4.78, 5) is 0.390. The number of hydrogen-bond acceptors (Lipinski definition) is 4. The average molecular weight is 474 g/mol. The van der Waals surface area contributed by atoms with Crippen molar-refractivity contribution in [1.29, 1.82) is 0 Å². The van der Waals surface area contributed by atoms with Crippen molar-refractivity contribution in [1.82, 2.24) is 4.31 Å². The summed E-state index contributed by atoms with van der Waals surface area (Å²) in [5.41, 5.74) is 1.15. The molecule has 4 aliphatic rings. The van der Waals surface area contributed by atoms with Gasteiger partial charge in [-0.25, -0.2) is 8.42 Å². The van der Waals surface area contributed by atoms with Gasteiger partial charge in [-0.1, -0.05) is 29.3 Å². The van der Waals surface area contributed by atoms with E-state index in [0.717, 1.165) is 44.1 Å². The minimum atomic E-state index is -3.51. The minimum absolute atomic E-state index is 0.0938. The fraction of sp³-hybridized carbons (Fsp3) is 0.704. The van der Waals surface area contributed by atoms with E-state index in [1.54, 1.807) is 16.4 Å². The summed E-state index contributed by atoms with van der Waals surface area (Å²) >= 11 is 0. The molecule has 1 aromatic rings. The topological polar surface area (TPSA) is 69.9 Å². The van der Waals surface area contributed by atoms with Crippen LogP contribution in [0.2, 0.25) is 0 Å². The van der Waals surface area contributed by atoms with Crippen LogP contribution in [0.25, 0.3) is 0 Å². The lowest BCUT2D eigenvalue weighted by Gasteiger charge is -2.50. The number of aryl methyl sites for hydroxylation is 1. The van der Waals surface area contributed by atoms with E-state index in [4.69, 9.17) is 4.74 Å². The maximum Gasteiger partial charge on any atom is 0.243 e. The third-order valence-corrected chi connectivity index (χ3v) is 11.1. The van der Waals surface area contributed by atoms with Crippen LogP contribution in [0.15, 0.2) is 40.8 Å². The van der Waals surface area contributed by atoms with Gasteiger partial charge in [0.2, 0.25) is 10.0 Å². The number of aliphatic hydroxyl groups is 1. The number of sulfonamides is 1. The number of rotatable bonds is 6. The molecule has 1 aromatic carbocycles. The fourth-order valence-corrected chi connectivity index (χ4v) is 8.97. The van der Waals surface area contributed by atoms with Crippen LogP contribution in [-0.2, 0) is 14.8 Å². The highest BCUT2D eigenvalue weighted by Gasteiger charge is 2.74. The van der Waals surface area contributed by atoms with Crippen molar-refractivity contribution in [3.8, 4) is 0 Å². The smallest absolute Gasteiger partial charge is 0.243 e. The standard InChI is InChI=1S/C27H39NO4S/c1-18(2)7-6-14-25(4,29)21-13-16-27(22-12-15-26(5)24(32-26)23(21)22)17-28(27)33(30,31)20-10-8-19(3)9-11-20/h7-11,21-24,29H,6,12-17H2,1-5H3/t21-,22-,23+,24-,25+,26+,27+,28?/m0/s1. The van der Waals surface area contributed by atoms with Gasteiger partial charge in [0.05, 0.1) is 27.7 Å². The minimum Gasteiger partial charge on any atom is -0.390 e. The van der Waals surface area contributed by atoms with Crippen LogP contribution >= 0.6 is 0 Å². The first-order chi connectivity index (χ1) is 15.4. The van der Waals surface area contributed by atoms with Gasteiger partial charge < -0.3 is 9.84 Å². The van der Waals surface area contributed by atoms with E-state index in [1.807, 2.05) is 26.0 Å². The van der Waals surface area contributed by atoms with Gasteiger partial charge in [0.25, 0.3) is 0 Å². The monoisotopic (exact) mass is 473 g/mol. The highest BCUT2D eigenvalue weighted by molar-refractivity contribution is 7.89. The maximum atomic E-state index is 13.5. The van der Waals surface area contributed by atoms with Crippen molar-refractivity contribution in [2.45, 2.75) is 101 Å². The van der Waals surface area contributed by atoms with Crippen LogP contribution in [0.3, 0.4) is 0 Å². The van der Waals surface area contributed by atoms with E-state index >= 15 is 0 Å². The molecule has 0 amide bonds. The highest BCUT2D eigenvalue weighted by atomic mass is 32.2. The van der Waals surface area contributed by atoms with Gasteiger partial charge in [-0.05, 0) is 103 Å². The molecule has 0 aromatic heterocycles. The second-order valence-corrected chi connectivity index (χ2v) is 13.7. The van der Waals surface area contributed by atoms with Crippen molar-refractivity contribution in [2.75, 3.05) is 6.54 Å². The number of benzene rings is 1. The van der Waals surface area contributed by atoms with Gasteiger partial charge >= 0.3 is 0 Å². The number of fused-ring (bicyclic) bond motifs is 4. The van der Waals surface area contributed by atoms with Crippen LogP contribution in [0.1, 0.15) is 71.8 Å². The van der Waals surface area contributed by atoms with E-state index < -0.39 is 15.6 Å². The molecule has 8 atom stereocenters. The van der Waals surface area contributed by atoms with Gasteiger partial charge in [-0.15, -0.1) is 0 Å². The summed E-state index contributed by atoms with van der Waals surface area (Å²) in [5.74, 6) is 0.583. The Hall–Kier alpha value is -1.21. The number of epoxide rings is 1. The third-order valence-electron chi connectivity index (χ3n) is 9.17. The molecule has 2 aliphatic carbocycles. The summed E-state index contributed by atoms with van der Waals surface area (Å²) in [6.45, 7) is 10.9. The molecule has 2 heterocycles. The van der Waals surface area contributed by atoms with Crippen molar-refractivity contribution >= 4 is 10.0 Å². The van der Waals surface area contributed by atoms with Crippen LogP contribution in [0.5, 0.6) is 0 Å². The molecule has 5 nitrogen and oxygen atoms in total. The summed E-state index contributed by atoms with van der Waals surface area (Å²) in [5, 5.41) is 11.6. The Kier molecular flexibility index (Phi) is 5.45. The Bertz CT molecular complexity index is 1060. The third kappa shape index (κ3) is 3.81. The first-order valence-corrected chi connectivity index (χ1v) is 14.0. The van der Waals surface area contributed by atoms with E-state index in [0.29, 0.717) is 11.4 Å². The molecule has 1 spiro atoms. The lowest BCUT2D eigenvalue weighted by molar-refractivity contribution is -0.0839. The fourth-order valence-electron chi connectivity index (χ4n) is 7.14. The Labute approximate surface area is 199 Å². The van der Waals surface area contributed by atoms with Crippen molar-refractivity contribution < 1.29 is 18.3 Å². The van der Waals surface area contributed by atoms with E-state index in [1.165, 1.54) is 5.57 Å². The highest BCUT2D eigenvalue weighted by Crippen LogP contribution is 2.66. The maximum absolute atomic E-state index is 13.5. The van der Waals surface area contributed by atoms with Crippen LogP contribution < -0.4 is 0 Å². The second kappa shape index (κ2) is 7.64. The molecule has 33 heavy (non-hydrogen) atoms. The SMILES string of the molecule is CC(C)=CCC[C@@](C)(O)[C@H]1CC[C@@]2(CN2S(=O)(=O)c2ccc(C)cc2)[C@H]2CC[C@@]3(C)O[C@H]3[C@@H]21. The number of nitrogens with zero attached hydrogens (tertiary/aromatic N) is 1. The molecule has 2 saturated heterocycles. The molecule has 182 valence electrons. The molecular formula is C27H39NO4S. The summed E-state index contributed by atoms with van der Waals surface area (Å²) in [6, 6.07) is 7.21. The first-order valence-electron chi connectivity index (χ1n) is 12.5. The number of allylic oxidation sites excluding steroid dienone is 2. The van der Waals surface area contributed by atoms with Crippen molar-refractivity contribution in [3.63, 3.8) is 0 Å². The van der Waals surface area contributed by atoms with Gasteiger partial charge in [0, 0.05) is 6.54 Å². The van der Waals surface area contributed by atoms with Gasteiger partial charge in [-0.2, -0.15) is 4.31 Å². The van der Waals surface area contributed by atoms with Crippen molar-refractivity contribution in [2.24, 2.45) is 17.8 Å². The molecule has 1 N–H and O–H groups in total. The lowest BCUT2D eigenvalue weighted by Crippen LogP contribution is -2.55. The van der Waals surface area contributed by atoms with Gasteiger partial charge in [-0.3, -0.25) is 0 Å². The zero-order chi connectivity index (χ0) is 23.8. The molecule has 2 saturated carbocycles. The summed E-state index contributed by atoms with van der Waals surface area (Å²) < 4.78 is 35.1. The van der Waals surface area contributed by atoms with Gasteiger partial charge in [0.1, 0.15) is 0 Å². The quantitative estimate of drug-likeness (QED) is 0.475. The number of ether oxygens (including phenoxy) is 1. The zero-order valence-corrected chi connectivity index (χ0v) is 21.5. The normalized spacial score (nSPS) is 41.0. The second-order valence-electron chi connectivity index (χ2n) is 11.8. The van der Waals surface area contributed by atoms with E-state index in [9.17, 15) is 13.5 Å². The van der Waals surface area contributed by atoms with Crippen LogP contribution in [0, 0.1) is 24.7 Å². The lowest BCUT2D eigenvalue weighted by atomic mass is 9.55. The predicted octanol–water partition coefficient (Wildman–Crippen LogP) is 4.83. The van der Waals surface area contributed by atoms with Crippen molar-refractivity contribution in [3.05, 3.63) is 41.5 Å². The van der Waals surface area contributed by atoms with E-state index in [-0.39, 0.29) is 35.0 Å². The molecule has 1 unspecified atom stereocenters. The molecule has 0 radical (unpaired) electrons. The summed E-state index contributed by atoms with van der Waals surface area (Å²) in [7, 11) is -3.51. The van der Waals surface area contributed by atoms with E-state index in [2.05, 4.69) is 26.8 Å². The molecule has 0 bridgehead atoms. The first kappa shape index (κ1) is 23.5. The molecule has 5 rings (SSSR count). The summed E-state index contributed by atoms with van der Waals surface area (Å²) in [6.07, 6.45) is 7.55. The Balaban J connectivity index is 1.42. The van der Waals surface area contributed by atoms with Crippen LogP contribution in [-0.4, -0.2) is 47.2 Å². The molecular weight excluding hydrogens is 434 g/mol. The zero-order valence-electron chi connectivity index (χ0n) is 20.7. The van der Waals surface area contributed by atoms with Crippen LogP contribution in [0.4, 0.5) is 0 Å². The Morgan fingerprint density at radius 1 is 1.24 bits per heavy atom. The number of hydrogen-bond donors (Lipinski definition) is 1. The predicted molar refractivity (Wildman–Crippen MR) is 129 cm³/mol. The molecule has 6 heteroatoms. The van der Waals surface area contributed by atoms with Gasteiger partial charge in [0.15, 0.2) is 0 Å². The Morgan fingerprint density at radius 3 is 2.61 bits per heavy atom. The largest absolute Gasteiger partial charge is 0.390 e. The average Bonchev–Trinajstić information content (AvgIpc) is 3.62. The Morgan fingerprint density at radius 2 is 1.94 bits per heavy atom.